The number of furan rings is 1. The number of nitrogens with zero attached hydrogens (tertiary/aromatic N) is 4. The fourth-order valence-corrected chi connectivity index (χ4v) is 3.07. The third-order valence-electron chi connectivity index (χ3n) is 3.11. The van der Waals surface area contributed by atoms with Crippen LogP contribution in [0.2, 0.25) is 0 Å². The number of rotatable bonds is 4. The summed E-state index contributed by atoms with van der Waals surface area (Å²) in [6, 6.07) is 10.6. The molecule has 2 heterocycles. The first-order chi connectivity index (χ1) is 11.6. The molecule has 0 amide bonds. The van der Waals surface area contributed by atoms with Crippen LogP contribution in [0.1, 0.15) is 5.76 Å². The van der Waals surface area contributed by atoms with Crippen LogP contribution in [0.3, 0.4) is 0 Å². The minimum absolute atomic E-state index is 0.296. The first kappa shape index (κ1) is 16.3. The van der Waals surface area contributed by atoms with Crippen molar-refractivity contribution < 1.29 is 9.34 Å². The fraction of sp³-hybridized carbons (Fsp3) is 0.0667. The average molecular weight is 407 g/mol. The van der Waals surface area contributed by atoms with Crippen molar-refractivity contribution in [3.05, 3.63) is 66.9 Å². The van der Waals surface area contributed by atoms with Gasteiger partial charge in [0.2, 0.25) is 4.80 Å². The summed E-state index contributed by atoms with van der Waals surface area (Å²) in [6.07, 6.45) is 1.43. The van der Waals surface area contributed by atoms with E-state index in [0.29, 0.717) is 10.6 Å². The van der Waals surface area contributed by atoms with Crippen molar-refractivity contribution in [1.82, 2.24) is 4.68 Å². The molecule has 0 radical (unpaired) electrons. The molecule has 0 saturated carbocycles. The van der Waals surface area contributed by atoms with Crippen molar-refractivity contribution in [2.75, 3.05) is 7.05 Å². The maximum Gasteiger partial charge on any atom is 0.433 e. The van der Waals surface area contributed by atoms with Gasteiger partial charge in [-0.3, -0.25) is 15.1 Å². The molecule has 0 aliphatic heterocycles. The summed E-state index contributed by atoms with van der Waals surface area (Å²) in [7, 11) is 1.68. The Labute approximate surface area is 148 Å². The molecule has 0 bridgehead atoms. The largest absolute Gasteiger partial charge is 0.433 e. The molecule has 0 spiro atoms. The van der Waals surface area contributed by atoms with Crippen LogP contribution in [0.5, 0.6) is 0 Å². The highest BCUT2D eigenvalue weighted by Crippen LogP contribution is 2.22. The molecule has 7 nitrogen and oxygen atoms in total. The molecule has 2 aromatic heterocycles. The fourth-order valence-electron chi connectivity index (χ4n) is 2.01. The molecular formula is C15H11BrN4O3S. The summed E-state index contributed by atoms with van der Waals surface area (Å²) >= 11 is 4.86. The van der Waals surface area contributed by atoms with Gasteiger partial charge in [0, 0.05) is 22.5 Å². The molecule has 122 valence electrons. The average Bonchev–Trinajstić information content (AvgIpc) is 3.20. The van der Waals surface area contributed by atoms with Gasteiger partial charge in [-0.2, -0.15) is 5.10 Å². The number of nitro groups is 1. The smallest absolute Gasteiger partial charge is 0.400 e. The monoisotopic (exact) mass is 406 g/mol. The van der Waals surface area contributed by atoms with E-state index in [1.165, 1.54) is 29.7 Å². The summed E-state index contributed by atoms with van der Waals surface area (Å²) in [5, 5.41) is 17.0. The van der Waals surface area contributed by atoms with Gasteiger partial charge in [-0.25, -0.2) is 4.68 Å². The Morgan fingerprint density at radius 2 is 2.04 bits per heavy atom. The van der Waals surface area contributed by atoms with Gasteiger partial charge < -0.3 is 4.42 Å². The molecule has 0 aliphatic rings. The highest BCUT2D eigenvalue weighted by molar-refractivity contribution is 9.10. The second-order valence-electron chi connectivity index (χ2n) is 4.62. The third-order valence-corrected chi connectivity index (χ3v) is 4.55. The molecule has 24 heavy (non-hydrogen) atoms. The van der Waals surface area contributed by atoms with Crippen molar-refractivity contribution in [1.29, 1.82) is 0 Å². The van der Waals surface area contributed by atoms with Crippen LogP contribution >= 0.6 is 27.3 Å². The van der Waals surface area contributed by atoms with Crippen molar-refractivity contribution in [2.45, 2.75) is 0 Å². The predicted octanol–water partition coefficient (Wildman–Crippen LogP) is 3.89. The van der Waals surface area contributed by atoms with Gasteiger partial charge in [-0.15, -0.1) is 11.3 Å². The maximum absolute atomic E-state index is 10.7. The lowest BCUT2D eigenvalue weighted by atomic mass is 10.2. The Kier molecular flexibility index (Phi) is 4.72. The molecule has 0 unspecified atom stereocenters. The van der Waals surface area contributed by atoms with Gasteiger partial charge in [0.05, 0.1) is 18.0 Å². The number of thiazole rings is 1. The number of halogens is 1. The zero-order valence-corrected chi connectivity index (χ0v) is 14.8. The van der Waals surface area contributed by atoms with E-state index in [4.69, 9.17) is 4.42 Å². The van der Waals surface area contributed by atoms with Crippen LogP contribution < -0.4 is 4.80 Å². The Bertz CT molecular complexity index is 969. The second kappa shape index (κ2) is 6.93. The molecule has 3 aromatic rings. The number of hydrogen-bond donors (Lipinski definition) is 0. The van der Waals surface area contributed by atoms with E-state index in [2.05, 4.69) is 26.0 Å². The maximum atomic E-state index is 10.7. The topological polar surface area (TPSA) is 85.9 Å². The van der Waals surface area contributed by atoms with Crippen LogP contribution in [-0.4, -0.2) is 22.9 Å². The Balaban J connectivity index is 2.00. The van der Waals surface area contributed by atoms with Crippen molar-refractivity contribution in [3.63, 3.8) is 0 Å². The zero-order chi connectivity index (χ0) is 17.1. The summed E-state index contributed by atoms with van der Waals surface area (Å²) in [6.45, 7) is 0. The van der Waals surface area contributed by atoms with E-state index in [1.54, 1.807) is 11.7 Å². The lowest BCUT2D eigenvalue weighted by Crippen LogP contribution is -2.11. The van der Waals surface area contributed by atoms with Crippen LogP contribution in [0.25, 0.3) is 11.3 Å². The number of aromatic nitrogens is 1. The van der Waals surface area contributed by atoms with Gasteiger partial charge in [-0.05, 0) is 18.2 Å². The minimum Gasteiger partial charge on any atom is -0.400 e. The van der Waals surface area contributed by atoms with E-state index < -0.39 is 4.92 Å². The van der Waals surface area contributed by atoms with Gasteiger partial charge in [0.1, 0.15) is 4.92 Å². The predicted molar refractivity (Wildman–Crippen MR) is 95.3 cm³/mol. The van der Waals surface area contributed by atoms with E-state index >= 15 is 0 Å². The SMILES string of the molecule is CN=c1scc(-c2ccc(Br)cc2)n1/N=C\c1ccc([N+](=O)[O-])o1. The standard InChI is InChI=1S/C15H11BrN4O3S/c1-17-15-19(18-8-12-6-7-14(23-12)20(21)22)13(9-24-15)10-2-4-11(16)5-3-10/h2-9H,1H3/b17-15?,18-8-. The van der Waals surface area contributed by atoms with Crippen LogP contribution in [-0.2, 0) is 0 Å². The Hall–Kier alpha value is -2.52. The first-order valence-corrected chi connectivity index (χ1v) is 8.43. The van der Waals surface area contributed by atoms with Crippen molar-refractivity contribution in [3.8, 4) is 11.3 Å². The van der Waals surface area contributed by atoms with E-state index in [1.807, 2.05) is 29.6 Å². The minimum atomic E-state index is -0.588. The quantitative estimate of drug-likeness (QED) is 0.374. The Morgan fingerprint density at radius 1 is 1.29 bits per heavy atom. The summed E-state index contributed by atoms with van der Waals surface area (Å²) in [5.74, 6) is -0.0236. The van der Waals surface area contributed by atoms with Gasteiger partial charge >= 0.3 is 5.88 Å². The molecular weight excluding hydrogens is 396 g/mol. The summed E-state index contributed by atoms with van der Waals surface area (Å²) < 4.78 is 7.74. The first-order valence-electron chi connectivity index (χ1n) is 6.76. The highest BCUT2D eigenvalue weighted by atomic mass is 79.9. The van der Waals surface area contributed by atoms with E-state index in [9.17, 15) is 10.1 Å². The Morgan fingerprint density at radius 3 is 2.67 bits per heavy atom. The lowest BCUT2D eigenvalue weighted by molar-refractivity contribution is -0.402. The van der Waals surface area contributed by atoms with Crippen LogP contribution in [0, 0.1) is 10.1 Å². The normalized spacial score (nSPS) is 12.2. The molecule has 3 rings (SSSR count). The van der Waals surface area contributed by atoms with Gasteiger partial charge in [-0.1, -0.05) is 28.1 Å². The van der Waals surface area contributed by atoms with E-state index in [0.717, 1.165) is 15.7 Å². The van der Waals surface area contributed by atoms with Crippen LogP contribution in [0.4, 0.5) is 5.88 Å². The summed E-state index contributed by atoms with van der Waals surface area (Å²) in [4.78, 5) is 15.0. The number of benzene rings is 1. The second-order valence-corrected chi connectivity index (χ2v) is 6.38. The zero-order valence-electron chi connectivity index (χ0n) is 12.4. The van der Waals surface area contributed by atoms with E-state index in [-0.39, 0.29) is 5.88 Å². The molecule has 1 aromatic carbocycles. The van der Waals surface area contributed by atoms with Crippen LogP contribution in [0.15, 0.2) is 60.8 Å². The van der Waals surface area contributed by atoms with Gasteiger partial charge in [0.15, 0.2) is 5.76 Å². The summed E-state index contributed by atoms with van der Waals surface area (Å²) in [5.41, 5.74) is 1.84. The number of hydrogen-bond acceptors (Lipinski definition) is 6. The highest BCUT2D eigenvalue weighted by Gasteiger charge is 2.11. The van der Waals surface area contributed by atoms with Crippen molar-refractivity contribution in [2.24, 2.45) is 10.1 Å². The molecule has 0 aliphatic carbocycles. The van der Waals surface area contributed by atoms with Crippen molar-refractivity contribution >= 4 is 39.4 Å². The lowest BCUT2D eigenvalue weighted by Gasteiger charge is -2.03. The molecule has 0 fully saturated rings. The molecule has 0 saturated heterocycles. The van der Waals surface area contributed by atoms with Gasteiger partial charge in [0.25, 0.3) is 0 Å². The molecule has 0 atom stereocenters. The molecule has 9 heteroatoms. The molecule has 0 N–H and O–H groups in total. The third kappa shape index (κ3) is 3.36.